The number of halogens is 4. The summed E-state index contributed by atoms with van der Waals surface area (Å²) in [6.45, 7) is 1.75. The molecule has 1 heterocycles. The van der Waals surface area contributed by atoms with Crippen LogP contribution in [0.5, 0.6) is 0 Å². The lowest BCUT2D eigenvalue weighted by atomic mass is 10.1. The Kier molecular flexibility index (Phi) is 3.92. The maximum Gasteiger partial charge on any atom is 0.471 e. The lowest BCUT2D eigenvalue weighted by Crippen LogP contribution is -2.05. The lowest BCUT2D eigenvalue weighted by molar-refractivity contribution is -0.159. The van der Waals surface area contributed by atoms with E-state index in [1.165, 1.54) is 12.1 Å². The molecule has 0 saturated carbocycles. The first kappa shape index (κ1) is 14.9. The van der Waals surface area contributed by atoms with Crippen LogP contribution in [0, 0.1) is 5.82 Å². The van der Waals surface area contributed by atoms with Crippen LogP contribution >= 0.6 is 0 Å². The number of hydrogen-bond donors (Lipinski definition) is 1. The Morgan fingerprint density at radius 1 is 1.38 bits per heavy atom. The number of alkyl halides is 3. The maximum absolute atomic E-state index is 13.9. The predicted octanol–water partition coefficient (Wildman–Crippen LogP) is 2.77. The van der Waals surface area contributed by atoms with Crippen molar-refractivity contribution in [1.29, 1.82) is 0 Å². The first-order valence-corrected chi connectivity index (χ1v) is 5.73. The van der Waals surface area contributed by atoms with Crippen LogP contribution < -0.4 is 5.73 Å². The monoisotopic (exact) mass is 302 g/mol. The van der Waals surface area contributed by atoms with Crippen LogP contribution in [0.1, 0.15) is 18.4 Å². The van der Waals surface area contributed by atoms with E-state index in [0.29, 0.717) is 11.4 Å². The van der Waals surface area contributed by atoms with Crippen LogP contribution in [-0.2, 0) is 12.7 Å². The topological polar surface area (TPSA) is 77.3 Å². The summed E-state index contributed by atoms with van der Waals surface area (Å²) in [7, 11) is 0. The van der Waals surface area contributed by atoms with Gasteiger partial charge < -0.3 is 10.3 Å². The highest BCUT2D eigenvalue weighted by molar-refractivity contribution is 5.77. The van der Waals surface area contributed by atoms with E-state index in [2.05, 4.69) is 19.7 Å². The van der Waals surface area contributed by atoms with Gasteiger partial charge in [-0.15, -0.1) is 0 Å². The van der Waals surface area contributed by atoms with Crippen LogP contribution in [0.2, 0.25) is 0 Å². The summed E-state index contributed by atoms with van der Waals surface area (Å²) < 4.78 is 55.0. The third-order valence-electron chi connectivity index (χ3n) is 2.45. The fourth-order valence-corrected chi connectivity index (χ4v) is 1.50. The quantitative estimate of drug-likeness (QED) is 0.537. The summed E-state index contributed by atoms with van der Waals surface area (Å²) >= 11 is 0. The molecule has 0 atom stereocenters. The Morgan fingerprint density at radius 3 is 2.62 bits per heavy atom. The van der Waals surface area contributed by atoms with Gasteiger partial charge in [-0.1, -0.05) is 11.2 Å². The average Bonchev–Trinajstić information content (AvgIpc) is 2.85. The van der Waals surface area contributed by atoms with Gasteiger partial charge in [0.1, 0.15) is 5.82 Å². The van der Waals surface area contributed by atoms with Crippen molar-refractivity contribution in [3.63, 3.8) is 0 Å². The Labute approximate surface area is 116 Å². The van der Waals surface area contributed by atoms with E-state index in [1.54, 1.807) is 6.92 Å². The molecule has 0 unspecified atom stereocenters. The number of aromatic nitrogens is 2. The molecule has 0 fully saturated rings. The van der Waals surface area contributed by atoms with Crippen molar-refractivity contribution in [2.45, 2.75) is 19.6 Å². The van der Waals surface area contributed by atoms with Gasteiger partial charge in [-0.3, -0.25) is 4.99 Å². The van der Waals surface area contributed by atoms with Crippen molar-refractivity contribution in [3.05, 3.63) is 35.5 Å². The van der Waals surface area contributed by atoms with E-state index < -0.39 is 23.7 Å². The molecule has 9 heteroatoms. The molecule has 1 aromatic carbocycles. The van der Waals surface area contributed by atoms with Gasteiger partial charge in [0, 0.05) is 0 Å². The standard InChI is InChI=1S/C12H10F4N4O/c1-6(17)18-5-7-2-3-8(9(13)4-7)10-19-11(21-20-10)12(14,15)16/h2-4H,5H2,1H3,(H2,17,18). The van der Waals surface area contributed by atoms with Crippen molar-refractivity contribution in [2.75, 3.05) is 0 Å². The van der Waals surface area contributed by atoms with Gasteiger partial charge in [0.15, 0.2) is 0 Å². The highest BCUT2D eigenvalue weighted by Gasteiger charge is 2.38. The first-order valence-electron chi connectivity index (χ1n) is 5.73. The van der Waals surface area contributed by atoms with Crippen LogP contribution in [0.15, 0.2) is 27.7 Å². The molecular weight excluding hydrogens is 292 g/mol. The predicted molar refractivity (Wildman–Crippen MR) is 65.7 cm³/mol. The molecule has 0 aliphatic heterocycles. The molecule has 112 valence electrons. The molecule has 0 radical (unpaired) electrons. The van der Waals surface area contributed by atoms with E-state index in [-0.39, 0.29) is 12.1 Å². The summed E-state index contributed by atoms with van der Waals surface area (Å²) in [6, 6.07) is 3.89. The third-order valence-corrected chi connectivity index (χ3v) is 2.45. The zero-order valence-corrected chi connectivity index (χ0v) is 10.8. The molecule has 1 aromatic heterocycles. The summed E-state index contributed by atoms with van der Waals surface area (Å²) in [6.07, 6.45) is -4.77. The third kappa shape index (κ3) is 3.56. The average molecular weight is 302 g/mol. The summed E-state index contributed by atoms with van der Waals surface area (Å²) in [5.41, 5.74) is 5.69. The molecule has 0 aliphatic rings. The number of aliphatic imine (C=N–C) groups is 1. The van der Waals surface area contributed by atoms with E-state index in [0.717, 1.165) is 6.07 Å². The molecule has 21 heavy (non-hydrogen) atoms. The minimum Gasteiger partial charge on any atom is -0.388 e. The lowest BCUT2D eigenvalue weighted by Gasteiger charge is -2.01. The maximum atomic E-state index is 13.9. The molecule has 0 spiro atoms. The van der Waals surface area contributed by atoms with Crippen LogP contribution in [0.4, 0.5) is 17.6 Å². The zero-order chi connectivity index (χ0) is 15.6. The number of amidine groups is 1. The minimum atomic E-state index is -4.77. The number of nitrogens with two attached hydrogens (primary N) is 1. The van der Waals surface area contributed by atoms with Crippen molar-refractivity contribution in [1.82, 2.24) is 10.1 Å². The van der Waals surface area contributed by atoms with Crippen molar-refractivity contribution in [2.24, 2.45) is 10.7 Å². The molecule has 2 rings (SSSR count). The van der Waals surface area contributed by atoms with Gasteiger partial charge >= 0.3 is 12.1 Å². The molecule has 5 nitrogen and oxygen atoms in total. The number of hydrogen-bond acceptors (Lipinski definition) is 4. The highest BCUT2D eigenvalue weighted by atomic mass is 19.4. The van der Waals surface area contributed by atoms with E-state index in [4.69, 9.17) is 5.73 Å². The SMILES string of the molecule is CC(N)=NCc1ccc(-c2noc(C(F)(F)F)n2)c(F)c1. The molecule has 0 aliphatic carbocycles. The number of rotatable bonds is 3. The van der Waals surface area contributed by atoms with Gasteiger partial charge in [0.2, 0.25) is 5.82 Å². The van der Waals surface area contributed by atoms with Gasteiger partial charge in [-0.25, -0.2) is 4.39 Å². The molecule has 2 N–H and O–H groups in total. The van der Waals surface area contributed by atoms with Crippen molar-refractivity contribution >= 4 is 5.84 Å². The second-order valence-electron chi connectivity index (χ2n) is 4.19. The smallest absolute Gasteiger partial charge is 0.388 e. The highest BCUT2D eigenvalue weighted by Crippen LogP contribution is 2.30. The summed E-state index contributed by atoms with van der Waals surface area (Å²) in [5.74, 6) is -2.42. The Hall–Kier alpha value is -2.45. The zero-order valence-electron chi connectivity index (χ0n) is 10.8. The molecule has 0 saturated heterocycles. The molecular formula is C12H10F4N4O. The summed E-state index contributed by atoms with van der Waals surface area (Å²) in [4.78, 5) is 7.03. The number of benzene rings is 1. The van der Waals surface area contributed by atoms with Gasteiger partial charge in [-0.05, 0) is 24.6 Å². The van der Waals surface area contributed by atoms with E-state index >= 15 is 0 Å². The Morgan fingerprint density at radius 2 is 2.10 bits per heavy atom. The minimum absolute atomic E-state index is 0.166. The Balaban J connectivity index is 2.29. The van der Waals surface area contributed by atoms with E-state index in [1.807, 2.05) is 0 Å². The molecule has 2 aromatic rings. The van der Waals surface area contributed by atoms with Gasteiger partial charge in [0.05, 0.1) is 17.9 Å². The fourth-order valence-electron chi connectivity index (χ4n) is 1.50. The van der Waals surface area contributed by atoms with Crippen LogP contribution in [0.25, 0.3) is 11.4 Å². The fraction of sp³-hybridized carbons (Fsp3) is 0.250. The van der Waals surface area contributed by atoms with Crippen molar-refractivity contribution < 1.29 is 22.1 Å². The van der Waals surface area contributed by atoms with Crippen molar-refractivity contribution in [3.8, 4) is 11.4 Å². The normalized spacial score (nSPS) is 12.7. The van der Waals surface area contributed by atoms with E-state index in [9.17, 15) is 17.6 Å². The first-order chi connectivity index (χ1) is 9.77. The van der Waals surface area contributed by atoms with Gasteiger partial charge in [0.25, 0.3) is 0 Å². The second-order valence-corrected chi connectivity index (χ2v) is 4.19. The second kappa shape index (κ2) is 5.51. The molecule has 0 amide bonds. The summed E-state index contributed by atoms with van der Waals surface area (Å²) in [5, 5.41) is 3.12. The largest absolute Gasteiger partial charge is 0.471 e. The molecule has 0 bridgehead atoms. The number of nitrogens with zero attached hydrogens (tertiary/aromatic N) is 3. The van der Waals surface area contributed by atoms with Gasteiger partial charge in [-0.2, -0.15) is 18.2 Å². The van der Waals surface area contributed by atoms with Crippen LogP contribution in [-0.4, -0.2) is 16.0 Å². The Bertz CT molecular complexity index is 674. The van der Waals surface area contributed by atoms with Crippen LogP contribution in [0.3, 0.4) is 0 Å².